The molecule has 2 aromatic rings. The van der Waals surface area contributed by atoms with E-state index in [1.165, 1.54) is 6.08 Å². The third-order valence-corrected chi connectivity index (χ3v) is 4.27. The van der Waals surface area contributed by atoms with Gasteiger partial charge < -0.3 is 19.7 Å². The molecule has 2 aromatic carbocycles. The van der Waals surface area contributed by atoms with Gasteiger partial charge in [-0.15, -0.1) is 0 Å². The Balaban J connectivity index is 2.02. The smallest absolute Gasteiger partial charge is 0.248 e. The fourth-order valence-electron chi connectivity index (χ4n) is 2.89. The molecule has 1 N–H and O–H groups in total. The van der Waals surface area contributed by atoms with Crippen LogP contribution in [0.15, 0.2) is 48.5 Å². The van der Waals surface area contributed by atoms with Gasteiger partial charge in [-0.05, 0) is 68.8 Å². The molecule has 5 heteroatoms. The van der Waals surface area contributed by atoms with Crippen molar-refractivity contribution in [2.75, 3.05) is 31.0 Å². The number of hydrogen-bond donors (Lipinski definition) is 1. The first-order chi connectivity index (χ1) is 13.0. The van der Waals surface area contributed by atoms with E-state index in [0.29, 0.717) is 17.5 Å². The van der Waals surface area contributed by atoms with E-state index in [4.69, 9.17) is 9.47 Å². The molecule has 0 radical (unpaired) electrons. The number of ether oxygens (including phenoxy) is 2. The Morgan fingerprint density at radius 3 is 2.30 bits per heavy atom. The van der Waals surface area contributed by atoms with Crippen molar-refractivity contribution in [1.82, 2.24) is 0 Å². The van der Waals surface area contributed by atoms with Crippen molar-refractivity contribution in [2.24, 2.45) is 0 Å². The summed E-state index contributed by atoms with van der Waals surface area (Å²) in [5.74, 6) is 1.09. The van der Waals surface area contributed by atoms with Crippen molar-refractivity contribution < 1.29 is 14.3 Å². The number of amides is 1. The predicted molar refractivity (Wildman–Crippen MR) is 112 cm³/mol. The van der Waals surface area contributed by atoms with E-state index in [2.05, 4.69) is 31.0 Å². The number of carbonyl (C=O) groups excluding carboxylic acids is 1. The second kappa shape index (κ2) is 9.67. The van der Waals surface area contributed by atoms with E-state index in [0.717, 1.165) is 23.5 Å². The second-order valence-corrected chi connectivity index (χ2v) is 6.36. The topological polar surface area (TPSA) is 50.8 Å². The number of rotatable bonds is 8. The fourth-order valence-corrected chi connectivity index (χ4v) is 2.89. The van der Waals surface area contributed by atoms with Crippen LogP contribution in [0.5, 0.6) is 11.5 Å². The number of benzene rings is 2. The van der Waals surface area contributed by atoms with Gasteiger partial charge in [-0.1, -0.05) is 6.07 Å². The van der Waals surface area contributed by atoms with E-state index in [-0.39, 0.29) is 5.91 Å². The van der Waals surface area contributed by atoms with E-state index >= 15 is 0 Å². The highest BCUT2D eigenvalue weighted by molar-refractivity contribution is 6.02. The highest BCUT2D eigenvalue weighted by atomic mass is 16.5. The van der Waals surface area contributed by atoms with Crippen LogP contribution in [0, 0.1) is 0 Å². The van der Waals surface area contributed by atoms with Crippen molar-refractivity contribution in [1.29, 1.82) is 0 Å². The summed E-state index contributed by atoms with van der Waals surface area (Å²) < 4.78 is 10.5. The van der Waals surface area contributed by atoms with Crippen molar-refractivity contribution in [3.8, 4) is 11.5 Å². The molecule has 0 spiro atoms. The van der Waals surface area contributed by atoms with E-state index < -0.39 is 0 Å². The molecule has 0 heterocycles. The lowest BCUT2D eigenvalue weighted by atomic mass is 10.2. The quantitative estimate of drug-likeness (QED) is 0.693. The molecule has 0 aliphatic carbocycles. The highest BCUT2D eigenvalue weighted by Gasteiger charge is 2.08. The summed E-state index contributed by atoms with van der Waals surface area (Å²) in [7, 11) is 3.17. The lowest BCUT2D eigenvalue weighted by Gasteiger charge is -2.27. The van der Waals surface area contributed by atoms with Gasteiger partial charge in [-0.25, -0.2) is 0 Å². The Kier molecular flexibility index (Phi) is 7.29. The van der Waals surface area contributed by atoms with Crippen LogP contribution >= 0.6 is 0 Å². The molecule has 1 amide bonds. The van der Waals surface area contributed by atoms with Crippen LogP contribution in [0.25, 0.3) is 6.08 Å². The van der Waals surface area contributed by atoms with Crippen molar-refractivity contribution in [2.45, 2.75) is 26.8 Å². The van der Waals surface area contributed by atoms with Gasteiger partial charge in [0.2, 0.25) is 5.91 Å². The zero-order chi connectivity index (χ0) is 19.8. The van der Waals surface area contributed by atoms with Crippen molar-refractivity contribution >= 4 is 23.4 Å². The molecule has 0 aliphatic rings. The summed E-state index contributed by atoms with van der Waals surface area (Å²) in [6.45, 7) is 7.41. The molecular weight excluding hydrogens is 340 g/mol. The van der Waals surface area contributed by atoms with E-state index in [1.54, 1.807) is 20.3 Å². The minimum absolute atomic E-state index is 0.186. The largest absolute Gasteiger partial charge is 0.493 e. The molecule has 0 saturated carbocycles. The first kappa shape index (κ1) is 20.4. The van der Waals surface area contributed by atoms with Crippen LogP contribution in [0.3, 0.4) is 0 Å². The van der Waals surface area contributed by atoms with Crippen LogP contribution < -0.4 is 19.7 Å². The summed E-state index contributed by atoms with van der Waals surface area (Å²) in [6.07, 6.45) is 3.24. The standard InChI is InChI=1S/C22H28N2O3/c1-6-24(16(2)3)19-11-9-18(10-12-19)23-22(25)14-8-17-7-13-20(26-4)21(15-17)27-5/h7-16H,6H2,1-5H3,(H,23,25). The maximum Gasteiger partial charge on any atom is 0.248 e. The van der Waals surface area contributed by atoms with Crippen LogP contribution in [-0.4, -0.2) is 32.7 Å². The number of hydrogen-bond acceptors (Lipinski definition) is 4. The Morgan fingerprint density at radius 1 is 1.07 bits per heavy atom. The Hall–Kier alpha value is -2.95. The van der Waals surface area contributed by atoms with Gasteiger partial charge in [0.05, 0.1) is 14.2 Å². The summed E-state index contributed by atoms with van der Waals surface area (Å²) in [4.78, 5) is 14.5. The average molecular weight is 368 g/mol. The summed E-state index contributed by atoms with van der Waals surface area (Å²) >= 11 is 0. The molecule has 0 saturated heterocycles. The number of methoxy groups -OCH3 is 2. The molecule has 0 aliphatic heterocycles. The SMILES string of the molecule is CCN(c1ccc(NC(=O)C=Cc2ccc(OC)c(OC)c2)cc1)C(C)C. The molecule has 0 aromatic heterocycles. The minimum Gasteiger partial charge on any atom is -0.493 e. The van der Waals surface area contributed by atoms with Gasteiger partial charge in [0.1, 0.15) is 0 Å². The van der Waals surface area contributed by atoms with Gasteiger partial charge in [0.15, 0.2) is 11.5 Å². The molecule has 2 rings (SSSR count). The van der Waals surface area contributed by atoms with E-state index in [9.17, 15) is 4.79 Å². The molecule has 0 atom stereocenters. The second-order valence-electron chi connectivity index (χ2n) is 6.36. The zero-order valence-corrected chi connectivity index (χ0v) is 16.7. The Bertz CT molecular complexity index is 783. The Labute approximate surface area is 161 Å². The van der Waals surface area contributed by atoms with Crippen LogP contribution in [0.1, 0.15) is 26.3 Å². The Morgan fingerprint density at radius 2 is 1.74 bits per heavy atom. The fraction of sp³-hybridized carbons (Fsp3) is 0.318. The average Bonchev–Trinajstić information content (AvgIpc) is 2.67. The van der Waals surface area contributed by atoms with Gasteiger partial charge in [-0.2, -0.15) is 0 Å². The molecule has 0 bridgehead atoms. The summed E-state index contributed by atoms with van der Waals surface area (Å²) in [5.41, 5.74) is 2.76. The summed E-state index contributed by atoms with van der Waals surface area (Å²) in [6, 6.07) is 13.8. The maximum atomic E-state index is 12.2. The lowest BCUT2D eigenvalue weighted by Crippen LogP contribution is -2.30. The number of nitrogens with one attached hydrogen (secondary N) is 1. The number of nitrogens with zero attached hydrogens (tertiary/aromatic N) is 1. The third kappa shape index (κ3) is 5.51. The zero-order valence-electron chi connectivity index (χ0n) is 16.7. The molecule has 0 unspecified atom stereocenters. The third-order valence-electron chi connectivity index (χ3n) is 4.27. The number of carbonyl (C=O) groups is 1. The van der Waals surface area contributed by atoms with Gasteiger partial charge in [0.25, 0.3) is 0 Å². The van der Waals surface area contributed by atoms with Crippen LogP contribution in [0.2, 0.25) is 0 Å². The first-order valence-corrected chi connectivity index (χ1v) is 9.06. The van der Waals surface area contributed by atoms with Crippen molar-refractivity contribution in [3.63, 3.8) is 0 Å². The van der Waals surface area contributed by atoms with Crippen LogP contribution in [-0.2, 0) is 4.79 Å². The van der Waals surface area contributed by atoms with Gasteiger partial charge in [-0.3, -0.25) is 4.79 Å². The van der Waals surface area contributed by atoms with E-state index in [1.807, 2.05) is 42.5 Å². The summed E-state index contributed by atoms with van der Waals surface area (Å²) in [5, 5.41) is 2.88. The first-order valence-electron chi connectivity index (χ1n) is 9.06. The minimum atomic E-state index is -0.186. The van der Waals surface area contributed by atoms with Crippen molar-refractivity contribution in [3.05, 3.63) is 54.1 Å². The monoisotopic (exact) mass is 368 g/mol. The molecule has 27 heavy (non-hydrogen) atoms. The molecular formula is C22H28N2O3. The molecule has 0 fully saturated rings. The predicted octanol–water partition coefficient (Wildman–Crippen LogP) is 4.59. The van der Waals surface area contributed by atoms with Gasteiger partial charge >= 0.3 is 0 Å². The highest BCUT2D eigenvalue weighted by Crippen LogP contribution is 2.28. The van der Waals surface area contributed by atoms with Crippen LogP contribution in [0.4, 0.5) is 11.4 Å². The lowest BCUT2D eigenvalue weighted by molar-refractivity contribution is -0.111. The van der Waals surface area contributed by atoms with Gasteiger partial charge in [0, 0.05) is 30.0 Å². The molecule has 144 valence electrons. The molecule has 5 nitrogen and oxygen atoms in total. The maximum absolute atomic E-state index is 12.2. The normalized spacial score (nSPS) is 10.9. The number of anilines is 2.